The molecule has 0 N–H and O–H groups in total. The zero-order valence-electron chi connectivity index (χ0n) is 11.8. The first kappa shape index (κ1) is 17.9. The van der Waals surface area contributed by atoms with Gasteiger partial charge in [-0.3, -0.25) is 0 Å². The van der Waals surface area contributed by atoms with E-state index < -0.39 is 15.7 Å². The van der Waals surface area contributed by atoms with Crippen LogP contribution in [0.5, 0.6) is 5.75 Å². The molecular formula is C11H17NaO5S. The van der Waals surface area contributed by atoms with Crippen LogP contribution in [-0.2, 0) is 19.6 Å². The van der Waals surface area contributed by atoms with Gasteiger partial charge in [-0.05, 0) is 26.0 Å². The van der Waals surface area contributed by atoms with Gasteiger partial charge in [-0.2, -0.15) is 8.42 Å². The third kappa shape index (κ3) is 5.69. The number of hydrogen-bond donors (Lipinski definition) is 0. The maximum absolute atomic E-state index is 11.8. The molecule has 7 heteroatoms. The van der Waals surface area contributed by atoms with Crippen LogP contribution in [0.15, 0.2) is 30.3 Å². The van der Waals surface area contributed by atoms with Crippen LogP contribution in [0.2, 0.25) is 0 Å². The molecule has 0 bridgehead atoms. The first-order chi connectivity index (χ1) is 8.10. The van der Waals surface area contributed by atoms with E-state index in [1.807, 2.05) is 0 Å². The van der Waals surface area contributed by atoms with Gasteiger partial charge < -0.3 is 15.1 Å². The van der Waals surface area contributed by atoms with E-state index in [1.165, 1.54) is 0 Å². The number of rotatable bonds is 7. The Labute approximate surface area is 131 Å². The van der Waals surface area contributed by atoms with Crippen molar-refractivity contribution in [3.63, 3.8) is 0 Å². The Hall–Kier alpha value is -0.110. The molecule has 0 radical (unpaired) electrons. The topological polar surface area (TPSA) is 61.8 Å². The second kappa shape index (κ2) is 8.90. The van der Waals surface area contributed by atoms with Crippen LogP contribution >= 0.6 is 0 Å². The van der Waals surface area contributed by atoms with Gasteiger partial charge >= 0.3 is 45.3 Å². The van der Waals surface area contributed by atoms with Gasteiger partial charge in [0.2, 0.25) is 0 Å². The van der Waals surface area contributed by atoms with Crippen molar-refractivity contribution in [2.24, 2.45) is 0 Å². The van der Waals surface area contributed by atoms with Gasteiger partial charge in [0, 0.05) is 13.2 Å². The fourth-order valence-corrected chi connectivity index (χ4v) is 2.20. The van der Waals surface area contributed by atoms with Crippen molar-refractivity contribution in [3.8, 4) is 5.75 Å². The summed E-state index contributed by atoms with van der Waals surface area (Å²) < 4.78 is 38.5. The summed E-state index contributed by atoms with van der Waals surface area (Å²) in [5.74, 6) is 0.233. The van der Waals surface area contributed by atoms with Gasteiger partial charge in [-0.1, -0.05) is 18.2 Å². The smallest absolute Gasteiger partial charge is 1.00 e. The maximum Gasteiger partial charge on any atom is 1.00 e. The number of benzene rings is 1. The quantitative estimate of drug-likeness (QED) is 0.360. The standard InChI is InChI=1S/C11H16O5S.Na.H/c1-3-14-11(15-4-2)17(12,13)16-10-8-6-5-7-9-10;;/h5-9,11H,3-4H2,1-2H3;;/q;+1;-1. The molecule has 0 aromatic heterocycles. The van der Waals surface area contributed by atoms with Crippen LogP contribution in [0.3, 0.4) is 0 Å². The van der Waals surface area contributed by atoms with Crippen LogP contribution in [0.1, 0.15) is 15.3 Å². The van der Waals surface area contributed by atoms with Gasteiger partial charge in [-0.25, -0.2) is 0 Å². The van der Waals surface area contributed by atoms with E-state index >= 15 is 0 Å². The third-order valence-electron chi connectivity index (χ3n) is 1.80. The van der Waals surface area contributed by atoms with Crippen LogP contribution < -0.4 is 33.7 Å². The number of ether oxygens (including phenoxy) is 2. The van der Waals surface area contributed by atoms with E-state index in [1.54, 1.807) is 44.2 Å². The fourth-order valence-electron chi connectivity index (χ4n) is 1.14. The molecule has 0 saturated heterocycles. The Morgan fingerprint density at radius 2 is 1.61 bits per heavy atom. The van der Waals surface area contributed by atoms with Crippen molar-refractivity contribution < 1.29 is 53.1 Å². The zero-order valence-corrected chi connectivity index (χ0v) is 13.6. The Balaban J connectivity index is 0. The summed E-state index contributed by atoms with van der Waals surface area (Å²) in [5.41, 5.74) is -1.39. The molecule has 0 atom stereocenters. The van der Waals surface area contributed by atoms with Crippen LogP contribution in [0.25, 0.3) is 0 Å². The van der Waals surface area contributed by atoms with E-state index in [0.29, 0.717) is 0 Å². The Morgan fingerprint density at radius 3 is 2.06 bits per heavy atom. The normalized spacial score (nSPS) is 11.1. The molecule has 1 rings (SSSR count). The molecular weight excluding hydrogens is 267 g/mol. The summed E-state index contributed by atoms with van der Waals surface area (Å²) in [5, 5.41) is 0. The second-order valence-corrected chi connectivity index (χ2v) is 4.63. The maximum atomic E-state index is 11.8. The molecule has 1 aromatic carbocycles. The molecule has 0 amide bonds. The summed E-state index contributed by atoms with van der Waals surface area (Å²) in [7, 11) is -3.94. The molecule has 0 aliphatic heterocycles. The number of hydrogen-bond acceptors (Lipinski definition) is 5. The van der Waals surface area contributed by atoms with Crippen LogP contribution in [-0.4, -0.2) is 27.3 Å². The Kier molecular flexibility index (Phi) is 8.85. The molecule has 0 heterocycles. The Bertz CT molecular complexity index is 420. The molecule has 0 saturated carbocycles. The molecule has 0 unspecified atom stereocenters. The minimum Gasteiger partial charge on any atom is -1.00 e. The summed E-state index contributed by atoms with van der Waals surface area (Å²) in [4.78, 5) is 0. The largest absolute Gasteiger partial charge is 1.00 e. The molecule has 5 nitrogen and oxygen atoms in total. The zero-order chi connectivity index (χ0) is 12.7. The predicted octanol–water partition coefficient (Wildman–Crippen LogP) is -1.13. The van der Waals surface area contributed by atoms with E-state index in [2.05, 4.69) is 0 Å². The summed E-state index contributed by atoms with van der Waals surface area (Å²) in [6.07, 6.45) is 0. The van der Waals surface area contributed by atoms with Crippen molar-refractivity contribution in [1.29, 1.82) is 0 Å². The minimum absolute atomic E-state index is 0. The van der Waals surface area contributed by atoms with Crippen LogP contribution in [0, 0.1) is 0 Å². The molecule has 0 aliphatic rings. The van der Waals surface area contributed by atoms with Crippen molar-refractivity contribution in [2.75, 3.05) is 13.2 Å². The first-order valence-electron chi connectivity index (χ1n) is 5.31. The van der Waals surface area contributed by atoms with E-state index in [9.17, 15) is 8.42 Å². The van der Waals surface area contributed by atoms with Gasteiger partial charge in [0.15, 0.2) is 0 Å². The van der Waals surface area contributed by atoms with Gasteiger partial charge in [0.25, 0.3) is 0 Å². The number of para-hydroxylation sites is 1. The second-order valence-electron chi connectivity index (χ2n) is 3.09. The van der Waals surface area contributed by atoms with Gasteiger partial charge in [0.05, 0.1) is 0 Å². The van der Waals surface area contributed by atoms with Crippen molar-refractivity contribution in [1.82, 2.24) is 0 Å². The predicted molar refractivity (Wildman–Crippen MR) is 64.1 cm³/mol. The van der Waals surface area contributed by atoms with Crippen molar-refractivity contribution in [2.45, 2.75) is 19.5 Å². The molecule has 98 valence electrons. The fraction of sp³-hybridized carbons (Fsp3) is 0.455. The molecule has 0 fully saturated rings. The monoisotopic (exact) mass is 284 g/mol. The summed E-state index contributed by atoms with van der Waals surface area (Å²) >= 11 is 0. The SMILES string of the molecule is CCOC(OCC)S(=O)(=O)Oc1ccccc1.[H-].[Na+]. The molecule has 0 spiro atoms. The molecule has 0 aliphatic carbocycles. The average Bonchev–Trinajstić information content (AvgIpc) is 2.29. The summed E-state index contributed by atoms with van der Waals surface area (Å²) in [6.45, 7) is 3.82. The van der Waals surface area contributed by atoms with Gasteiger partial charge in [0.1, 0.15) is 5.75 Å². The van der Waals surface area contributed by atoms with Crippen molar-refractivity contribution in [3.05, 3.63) is 30.3 Å². The summed E-state index contributed by atoms with van der Waals surface area (Å²) in [6, 6.07) is 8.23. The average molecular weight is 284 g/mol. The molecule has 18 heavy (non-hydrogen) atoms. The third-order valence-corrected chi connectivity index (χ3v) is 2.97. The van der Waals surface area contributed by atoms with Crippen molar-refractivity contribution >= 4 is 10.1 Å². The Morgan fingerprint density at radius 1 is 1.11 bits per heavy atom. The molecule has 1 aromatic rings. The first-order valence-corrected chi connectivity index (χ1v) is 6.78. The van der Waals surface area contributed by atoms with Crippen LogP contribution in [0.4, 0.5) is 0 Å². The van der Waals surface area contributed by atoms with Gasteiger partial charge in [-0.15, -0.1) is 0 Å². The van der Waals surface area contributed by atoms with E-state index in [4.69, 9.17) is 13.7 Å². The minimum atomic E-state index is -3.94. The van der Waals surface area contributed by atoms with E-state index in [-0.39, 0.29) is 49.9 Å². The van der Waals surface area contributed by atoms with E-state index in [0.717, 1.165) is 0 Å².